The molecule has 0 saturated carbocycles. The molecule has 188 valence electrons. The monoisotopic (exact) mass is 465 g/mol. The molecule has 0 radical (unpaired) electrons. The lowest BCUT2D eigenvalue weighted by Crippen LogP contribution is -2.82. The Morgan fingerprint density at radius 1 is 1.18 bits per heavy atom. The fourth-order valence-electron chi connectivity index (χ4n) is 5.63. The van der Waals surface area contributed by atoms with Gasteiger partial charge in [-0.15, -0.1) is 0 Å². The van der Waals surface area contributed by atoms with E-state index in [2.05, 4.69) is 6.92 Å². The first-order valence-corrected chi connectivity index (χ1v) is 12.7. The number of carbonyl (C=O) groups is 3. The molecule has 0 aromatic rings. The number of hydrogen-bond donors (Lipinski definition) is 0. The molecule has 8 heteroatoms. The van der Waals surface area contributed by atoms with Gasteiger partial charge in [0.25, 0.3) is 5.91 Å². The summed E-state index contributed by atoms with van der Waals surface area (Å²) in [6, 6.07) is -1.07. The predicted molar refractivity (Wildman–Crippen MR) is 126 cm³/mol. The first kappa shape index (κ1) is 25.8. The number of unbranched alkanes of at least 4 members (excludes halogenated alkanes) is 1. The van der Waals surface area contributed by atoms with Crippen LogP contribution >= 0.6 is 0 Å². The molecule has 5 atom stereocenters. The zero-order valence-corrected chi connectivity index (χ0v) is 21.6. The molecule has 8 nitrogen and oxygen atoms in total. The first-order chi connectivity index (χ1) is 15.5. The molecule has 0 aliphatic carbocycles. The minimum Gasteiger partial charge on any atom is -0.444 e. The number of hydrogen-bond acceptors (Lipinski definition) is 5. The number of ether oxygens (including phenoxy) is 2. The summed E-state index contributed by atoms with van der Waals surface area (Å²) < 4.78 is 11.7. The van der Waals surface area contributed by atoms with E-state index in [1.807, 2.05) is 46.4 Å². The third kappa shape index (κ3) is 4.73. The summed E-state index contributed by atoms with van der Waals surface area (Å²) >= 11 is 0. The van der Waals surface area contributed by atoms with Crippen LogP contribution in [-0.2, 0) is 19.1 Å². The molecule has 3 aliphatic heterocycles. The minimum absolute atomic E-state index is 0.0404. The Balaban J connectivity index is 1.86. The quantitative estimate of drug-likeness (QED) is 0.424. The number of likely N-dealkylation sites (tertiary alicyclic amines) is 3. The van der Waals surface area contributed by atoms with Crippen molar-refractivity contribution < 1.29 is 23.9 Å². The van der Waals surface area contributed by atoms with Crippen LogP contribution in [0, 0.1) is 0 Å². The van der Waals surface area contributed by atoms with Crippen LogP contribution in [0.1, 0.15) is 87.0 Å². The van der Waals surface area contributed by atoms with E-state index < -0.39 is 29.4 Å². The number of rotatable bonds is 7. The highest BCUT2D eigenvalue weighted by molar-refractivity contribution is 6.01. The third-order valence-electron chi connectivity index (χ3n) is 7.41. The van der Waals surface area contributed by atoms with E-state index in [1.165, 1.54) is 0 Å². The van der Waals surface area contributed by atoms with Crippen LogP contribution in [0.4, 0.5) is 4.79 Å². The van der Waals surface area contributed by atoms with E-state index in [1.54, 1.807) is 9.80 Å². The van der Waals surface area contributed by atoms with Crippen molar-refractivity contribution in [3.8, 4) is 0 Å². The average molecular weight is 466 g/mol. The molecule has 33 heavy (non-hydrogen) atoms. The first-order valence-electron chi connectivity index (χ1n) is 12.7. The lowest BCUT2D eigenvalue weighted by atomic mass is 9.75. The summed E-state index contributed by atoms with van der Waals surface area (Å²) in [6.07, 6.45) is 4.33. The van der Waals surface area contributed by atoms with Gasteiger partial charge in [0, 0.05) is 25.7 Å². The SMILES string of the molecule is CCCCO[C@H](C)[C@@H](C(=O)N1CCCC1)N1C(=O)C2(CCC(C)N2C(=O)OC(C)(C)C)C1C. The van der Waals surface area contributed by atoms with E-state index in [4.69, 9.17) is 9.47 Å². The van der Waals surface area contributed by atoms with E-state index in [-0.39, 0.29) is 23.9 Å². The number of amides is 3. The summed E-state index contributed by atoms with van der Waals surface area (Å²) in [6.45, 7) is 15.4. The Labute approximate surface area is 198 Å². The van der Waals surface area contributed by atoms with E-state index in [0.717, 1.165) is 45.2 Å². The van der Waals surface area contributed by atoms with Crippen molar-refractivity contribution in [1.29, 1.82) is 0 Å². The maximum absolute atomic E-state index is 13.9. The average Bonchev–Trinajstić information content (AvgIpc) is 3.39. The van der Waals surface area contributed by atoms with E-state index in [0.29, 0.717) is 13.0 Å². The summed E-state index contributed by atoms with van der Waals surface area (Å²) in [5.74, 6) is -0.199. The lowest BCUT2D eigenvalue weighted by Gasteiger charge is -2.59. The Morgan fingerprint density at radius 2 is 1.82 bits per heavy atom. The summed E-state index contributed by atoms with van der Waals surface area (Å²) in [5, 5.41) is 0. The zero-order valence-electron chi connectivity index (χ0n) is 21.6. The van der Waals surface area contributed by atoms with Crippen LogP contribution in [-0.4, -0.2) is 87.7 Å². The summed E-state index contributed by atoms with van der Waals surface area (Å²) in [4.78, 5) is 45.7. The molecule has 3 rings (SSSR count). The number of carbonyl (C=O) groups excluding carboxylic acids is 3. The molecule has 3 heterocycles. The molecule has 3 amide bonds. The minimum atomic E-state index is -0.950. The topological polar surface area (TPSA) is 79.4 Å². The second-order valence-corrected chi connectivity index (χ2v) is 11.0. The predicted octanol–water partition coefficient (Wildman–Crippen LogP) is 3.57. The Bertz CT molecular complexity index is 745. The van der Waals surface area contributed by atoms with Crippen LogP contribution in [0.25, 0.3) is 0 Å². The molecule has 0 aromatic heterocycles. The van der Waals surface area contributed by atoms with Crippen LogP contribution in [0.3, 0.4) is 0 Å². The summed E-state index contributed by atoms with van der Waals surface area (Å²) in [7, 11) is 0. The van der Waals surface area contributed by atoms with Crippen LogP contribution in [0.2, 0.25) is 0 Å². The van der Waals surface area contributed by atoms with Crippen molar-refractivity contribution in [2.45, 2.75) is 122 Å². The molecule has 0 N–H and O–H groups in total. The smallest absolute Gasteiger partial charge is 0.411 e. The van der Waals surface area contributed by atoms with Crippen molar-refractivity contribution in [3.63, 3.8) is 0 Å². The largest absolute Gasteiger partial charge is 0.444 e. The Morgan fingerprint density at radius 3 is 2.36 bits per heavy atom. The van der Waals surface area contributed by atoms with Crippen LogP contribution in [0.15, 0.2) is 0 Å². The molecular weight excluding hydrogens is 422 g/mol. The number of nitrogens with zero attached hydrogens (tertiary/aromatic N) is 3. The van der Waals surface area contributed by atoms with Crippen LogP contribution in [0.5, 0.6) is 0 Å². The molecule has 3 unspecified atom stereocenters. The Kier molecular flexibility index (Phi) is 7.66. The molecule has 3 aliphatic rings. The van der Waals surface area contributed by atoms with Gasteiger partial charge in [0.2, 0.25) is 5.91 Å². The fraction of sp³-hybridized carbons (Fsp3) is 0.880. The lowest BCUT2D eigenvalue weighted by molar-refractivity contribution is -0.188. The molecule has 1 spiro atoms. The van der Waals surface area contributed by atoms with Crippen LogP contribution < -0.4 is 0 Å². The standard InChI is InChI=1S/C25H43N3O5/c1-8-9-16-32-18(3)20(21(29)26-14-10-11-15-26)27-19(4)25(22(27)30)13-12-17(2)28(25)23(31)33-24(5,6)7/h17-20H,8-16H2,1-7H3/t17?,18-,19?,20+,25?/m1/s1. The van der Waals surface area contributed by atoms with Gasteiger partial charge >= 0.3 is 6.09 Å². The number of β-lactam (4-membered cyclic amide) rings is 1. The second kappa shape index (κ2) is 9.80. The highest BCUT2D eigenvalue weighted by Gasteiger charge is 2.69. The maximum Gasteiger partial charge on any atom is 0.411 e. The Hall–Kier alpha value is -1.83. The van der Waals surface area contributed by atoms with Gasteiger partial charge in [-0.1, -0.05) is 13.3 Å². The molecule has 3 fully saturated rings. The maximum atomic E-state index is 13.9. The normalized spacial score (nSPS) is 29.4. The summed E-state index contributed by atoms with van der Waals surface area (Å²) in [5.41, 5.74) is -1.60. The van der Waals surface area contributed by atoms with E-state index >= 15 is 0 Å². The zero-order chi connectivity index (χ0) is 24.6. The van der Waals surface area contributed by atoms with Crippen molar-refractivity contribution in [2.75, 3.05) is 19.7 Å². The van der Waals surface area contributed by atoms with Crippen molar-refractivity contribution in [3.05, 3.63) is 0 Å². The van der Waals surface area contributed by atoms with Gasteiger partial charge in [-0.05, 0) is 73.6 Å². The second-order valence-electron chi connectivity index (χ2n) is 11.0. The van der Waals surface area contributed by atoms with Gasteiger partial charge in [-0.25, -0.2) is 4.79 Å². The highest BCUT2D eigenvalue weighted by Crippen LogP contribution is 2.48. The van der Waals surface area contributed by atoms with E-state index in [9.17, 15) is 14.4 Å². The molecular formula is C25H43N3O5. The third-order valence-corrected chi connectivity index (χ3v) is 7.41. The molecule has 0 aromatic carbocycles. The molecule has 0 bridgehead atoms. The van der Waals surface area contributed by atoms with Crippen molar-refractivity contribution in [2.24, 2.45) is 0 Å². The molecule has 3 saturated heterocycles. The van der Waals surface area contributed by atoms with Gasteiger partial charge in [0.15, 0.2) is 0 Å². The van der Waals surface area contributed by atoms with Gasteiger partial charge < -0.3 is 19.3 Å². The van der Waals surface area contributed by atoms with Gasteiger partial charge in [0.1, 0.15) is 17.2 Å². The highest BCUT2D eigenvalue weighted by atomic mass is 16.6. The van der Waals surface area contributed by atoms with Crippen molar-refractivity contribution >= 4 is 17.9 Å². The fourth-order valence-corrected chi connectivity index (χ4v) is 5.63. The van der Waals surface area contributed by atoms with Crippen molar-refractivity contribution in [1.82, 2.24) is 14.7 Å². The van der Waals surface area contributed by atoms with Gasteiger partial charge in [-0.2, -0.15) is 0 Å². The van der Waals surface area contributed by atoms with Gasteiger partial charge in [0.05, 0.1) is 12.1 Å². The van der Waals surface area contributed by atoms with Gasteiger partial charge in [-0.3, -0.25) is 14.5 Å².